The van der Waals surface area contributed by atoms with E-state index in [2.05, 4.69) is 31.7 Å². The minimum atomic E-state index is -0.178. The number of halogens is 1. The van der Waals surface area contributed by atoms with Crippen LogP contribution in [-0.2, 0) is 9.59 Å². The minimum absolute atomic E-state index is 0. The largest absolute Gasteiger partial charge is 0.493 e. The van der Waals surface area contributed by atoms with Gasteiger partial charge in [0.15, 0.2) is 0 Å². The molecule has 0 aromatic heterocycles. The van der Waals surface area contributed by atoms with Gasteiger partial charge in [0, 0.05) is 48.5 Å². The molecule has 2 aromatic rings. The van der Waals surface area contributed by atoms with E-state index in [1.165, 1.54) is 26.3 Å². The molecule has 0 bridgehead atoms. The van der Waals surface area contributed by atoms with Gasteiger partial charge in [-0.2, -0.15) is 10.2 Å². The second kappa shape index (κ2) is 14.9. The highest BCUT2D eigenvalue weighted by Gasteiger charge is 2.06. The molecule has 0 saturated carbocycles. The number of anilines is 2. The van der Waals surface area contributed by atoms with E-state index in [0.29, 0.717) is 47.2 Å². The smallest absolute Gasteiger partial charge is 0.230 e. The summed E-state index contributed by atoms with van der Waals surface area (Å²) >= 11 is 0. The van der Waals surface area contributed by atoms with Crippen LogP contribution >= 0.6 is 12.4 Å². The lowest BCUT2D eigenvalue weighted by atomic mass is 10.2. The number of guanidine groups is 1. The summed E-state index contributed by atoms with van der Waals surface area (Å²) in [5.74, 6) is 0.574. The van der Waals surface area contributed by atoms with Crippen molar-refractivity contribution in [2.24, 2.45) is 10.2 Å². The molecule has 2 amide bonds. The molecule has 0 aliphatic rings. The van der Waals surface area contributed by atoms with Gasteiger partial charge in [-0.1, -0.05) is 0 Å². The predicted molar refractivity (Wildman–Crippen MR) is 140 cm³/mol. The Bertz CT molecular complexity index is 1010. The van der Waals surface area contributed by atoms with Crippen molar-refractivity contribution in [2.45, 2.75) is 27.7 Å². The molecule has 0 atom stereocenters. The van der Waals surface area contributed by atoms with Gasteiger partial charge in [-0.05, 0) is 38.1 Å². The highest BCUT2D eigenvalue weighted by molar-refractivity contribution is 5.92. The van der Waals surface area contributed by atoms with Crippen molar-refractivity contribution in [3.05, 3.63) is 47.5 Å². The lowest BCUT2D eigenvalue weighted by Crippen LogP contribution is -2.29. The van der Waals surface area contributed by atoms with E-state index in [4.69, 9.17) is 14.9 Å². The van der Waals surface area contributed by atoms with Crippen LogP contribution in [0.3, 0.4) is 0 Å². The summed E-state index contributed by atoms with van der Waals surface area (Å²) in [5, 5.41) is 21.3. The van der Waals surface area contributed by atoms with E-state index in [1.807, 2.05) is 13.8 Å². The van der Waals surface area contributed by atoms with E-state index in [1.54, 1.807) is 36.4 Å². The summed E-state index contributed by atoms with van der Waals surface area (Å²) < 4.78 is 11.2. The zero-order valence-electron chi connectivity index (χ0n) is 20.0. The highest BCUT2D eigenvalue weighted by Crippen LogP contribution is 2.23. The third-order valence-electron chi connectivity index (χ3n) is 4.03. The van der Waals surface area contributed by atoms with Crippen LogP contribution in [0, 0.1) is 5.41 Å². The van der Waals surface area contributed by atoms with E-state index in [9.17, 15) is 9.59 Å². The summed E-state index contributed by atoms with van der Waals surface area (Å²) in [7, 11) is 0. The number of hydrogen-bond donors (Lipinski definition) is 5. The van der Waals surface area contributed by atoms with Crippen molar-refractivity contribution < 1.29 is 19.1 Å². The molecule has 0 fully saturated rings. The topological polar surface area (TPSA) is 149 Å². The molecule has 12 heteroatoms. The summed E-state index contributed by atoms with van der Waals surface area (Å²) in [6, 6.07) is 10.4. The average Bonchev–Trinajstić information content (AvgIpc) is 2.76. The molecule has 0 aliphatic heterocycles. The van der Waals surface area contributed by atoms with Crippen LogP contribution in [0.2, 0.25) is 0 Å². The fourth-order valence-electron chi connectivity index (χ4n) is 2.76. The number of rotatable bonds is 10. The first-order chi connectivity index (χ1) is 16.3. The van der Waals surface area contributed by atoms with Gasteiger partial charge in [0.1, 0.15) is 11.5 Å². The molecular formula is C23H30ClN7O4. The van der Waals surface area contributed by atoms with Gasteiger partial charge in [-0.15, -0.1) is 12.4 Å². The molecule has 0 spiro atoms. The van der Waals surface area contributed by atoms with E-state index in [0.717, 1.165) is 0 Å². The molecule has 0 aliphatic carbocycles. The molecule has 0 unspecified atom stereocenters. The molecule has 2 rings (SSSR count). The second-order valence-electron chi connectivity index (χ2n) is 6.85. The molecule has 0 heterocycles. The SMILES string of the molecule is CCOc1cc(NC(C)=O)ccc1C=NNC(=N)NN=Cc1ccc(NC(C)=O)cc1OCC.Cl. The molecular weight excluding hydrogens is 474 g/mol. The van der Waals surface area contributed by atoms with E-state index >= 15 is 0 Å². The summed E-state index contributed by atoms with van der Waals surface area (Å²) in [6.07, 6.45) is 2.99. The Morgan fingerprint density at radius 1 is 0.829 bits per heavy atom. The molecule has 35 heavy (non-hydrogen) atoms. The Morgan fingerprint density at radius 2 is 1.23 bits per heavy atom. The second-order valence-corrected chi connectivity index (χ2v) is 6.85. The lowest BCUT2D eigenvalue weighted by Gasteiger charge is -2.10. The van der Waals surface area contributed by atoms with Crippen LogP contribution in [0.15, 0.2) is 46.6 Å². The van der Waals surface area contributed by atoms with Crippen LogP contribution in [0.1, 0.15) is 38.8 Å². The average molecular weight is 504 g/mol. The van der Waals surface area contributed by atoms with E-state index < -0.39 is 0 Å². The Hall–Kier alpha value is -4.12. The summed E-state index contributed by atoms with van der Waals surface area (Å²) in [5.41, 5.74) is 7.61. The van der Waals surface area contributed by atoms with Gasteiger partial charge in [0.25, 0.3) is 0 Å². The maximum atomic E-state index is 11.2. The highest BCUT2D eigenvalue weighted by atomic mass is 35.5. The van der Waals surface area contributed by atoms with Crippen molar-refractivity contribution in [3.8, 4) is 11.5 Å². The number of benzene rings is 2. The normalized spacial score (nSPS) is 10.4. The first kappa shape index (κ1) is 28.9. The van der Waals surface area contributed by atoms with Gasteiger partial charge in [0.05, 0.1) is 25.6 Å². The first-order valence-electron chi connectivity index (χ1n) is 10.6. The number of amides is 2. The van der Waals surface area contributed by atoms with Crippen molar-refractivity contribution in [1.82, 2.24) is 10.9 Å². The predicted octanol–water partition coefficient (Wildman–Crippen LogP) is 3.30. The molecule has 188 valence electrons. The Morgan fingerprint density at radius 3 is 1.57 bits per heavy atom. The van der Waals surface area contributed by atoms with Crippen molar-refractivity contribution in [2.75, 3.05) is 23.8 Å². The number of hydrogen-bond acceptors (Lipinski definition) is 7. The maximum Gasteiger partial charge on any atom is 0.230 e. The summed E-state index contributed by atoms with van der Waals surface area (Å²) in [4.78, 5) is 22.5. The number of ether oxygens (including phenoxy) is 2. The molecule has 0 radical (unpaired) electrons. The zero-order valence-corrected chi connectivity index (χ0v) is 20.8. The molecule has 2 aromatic carbocycles. The Kier molecular flexibility index (Phi) is 12.3. The number of nitrogens with zero attached hydrogens (tertiary/aromatic N) is 2. The third kappa shape index (κ3) is 10.1. The van der Waals surface area contributed by atoms with Gasteiger partial charge in [0.2, 0.25) is 17.8 Å². The van der Waals surface area contributed by atoms with Crippen LogP contribution in [0.5, 0.6) is 11.5 Å². The monoisotopic (exact) mass is 503 g/mol. The zero-order chi connectivity index (χ0) is 24.9. The standard InChI is InChI=1S/C23H29N7O4.ClH/c1-5-33-21-11-19(27-15(3)31)9-7-17(21)13-25-29-23(24)30-26-14-18-8-10-20(28-16(4)32)12-22(18)34-6-2;/h7-14H,5-6H2,1-4H3,(H,27,31)(H,28,32)(H3,24,29,30);1H. The van der Waals surface area contributed by atoms with Crippen LogP contribution < -0.4 is 31.0 Å². The molecule has 11 nitrogen and oxygen atoms in total. The van der Waals surface area contributed by atoms with Gasteiger partial charge < -0.3 is 20.1 Å². The molecule has 0 saturated heterocycles. The van der Waals surface area contributed by atoms with Crippen LogP contribution in [0.4, 0.5) is 11.4 Å². The lowest BCUT2D eigenvalue weighted by molar-refractivity contribution is -0.115. The van der Waals surface area contributed by atoms with Gasteiger partial charge in [-0.25, -0.2) is 10.9 Å². The fourth-order valence-corrected chi connectivity index (χ4v) is 2.76. The number of carbonyl (C=O) groups is 2. The summed E-state index contributed by atoms with van der Waals surface area (Å²) in [6.45, 7) is 7.45. The van der Waals surface area contributed by atoms with Crippen molar-refractivity contribution in [3.63, 3.8) is 0 Å². The Labute approximate surface area is 210 Å². The van der Waals surface area contributed by atoms with Crippen molar-refractivity contribution >= 4 is 54.0 Å². The first-order valence-corrected chi connectivity index (χ1v) is 10.6. The quantitative estimate of drug-likeness (QED) is 0.191. The number of carbonyl (C=O) groups excluding carboxylic acids is 2. The number of hydrazone groups is 2. The van der Waals surface area contributed by atoms with Gasteiger partial charge in [-0.3, -0.25) is 15.0 Å². The molecule has 5 N–H and O–H groups in total. The van der Waals surface area contributed by atoms with Crippen molar-refractivity contribution in [1.29, 1.82) is 5.41 Å². The maximum absolute atomic E-state index is 11.2. The Balaban J connectivity index is 0.00000612. The van der Waals surface area contributed by atoms with Gasteiger partial charge >= 0.3 is 0 Å². The van der Waals surface area contributed by atoms with Crippen LogP contribution in [-0.4, -0.2) is 43.4 Å². The fraction of sp³-hybridized carbons (Fsp3) is 0.261. The number of nitrogens with one attached hydrogen (secondary N) is 5. The third-order valence-corrected chi connectivity index (χ3v) is 4.03. The minimum Gasteiger partial charge on any atom is -0.493 e. The van der Waals surface area contributed by atoms with Crippen LogP contribution in [0.25, 0.3) is 0 Å². The van der Waals surface area contributed by atoms with E-state index in [-0.39, 0.29) is 30.2 Å².